The first-order chi connectivity index (χ1) is 58.9. The van der Waals surface area contributed by atoms with Crippen LogP contribution in [0.25, 0.3) is 21.8 Å². The summed E-state index contributed by atoms with van der Waals surface area (Å²) in [6.45, 7) is 10.2. The molecule has 0 aliphatic carbocycles. The zero-order valence-corrected chi connectivity index (χ0v) is 78.5. The number of phenols is 2. The van der Waals surface area contributed by atoms with Crippen molar-refractivity contribution in [1.82, 2.24) is 9.97 Å². The summed E-state index contributed by atoms with van der Waals surface area (Å²) in [4.78, 5) is 27.8. The summed E-state index contributed by atoms with van der Waals surface area (Å²) in [7, 11) is 14.7. The summed E-state index contributed by atoms with van der Waals surface area (Å²) in [5, 5.41) is 45.4. The molecule has 4 heterocycles. The number of aromatic nitrogens is 2. The summed E-state index contributed by atoms with van der Waals surface area (Å²) in [5.74, 6) is 8.34. The van der Waals surface area contributed by atoms with Gasteiger partial charge in [0, 0.05) is 114 Å². The minimum Gasteiger partial charge on any atom is 0 e. The van der Waals surface area contributed by atoms with Crippen LogP contribution in [0.1, 0.15) is 101 Å². The monoisotopic (exact) mass is 2010 g/mol. The second kappa shape index (κ2) is 69.0. The number of nitrogen functional groups attached to an aromatic ring is 2. The van der Waals surface area contributed by atoms with E-state index in [2.05, 4.69) is 93.3 Å². The molecule has 2 aromatic heterocycles. The number of hydrogen-bond donors (Lipinski definition) is 8. The van der Waals surface area contributed by atoms with Gasteiger partial charge in [0.15, 0.2) is 0 Å². The number of nitro groups is 1. The zero-order valence-electron chi connectivity index (χ0n) is 68.5. The van der Waals surface area contributed by atoms with Crippen molar-refractivity contribution in [3.05, 3.63) is 361 Å². The molecular weight excluding hydrogens is 1910 g/mol. The Morgan fingerprint density at radius 2 is 0.900 bits per heavy atom. The number of nitrogens with zero attached hydrogens (tertiary/aromatic N) is 4. The summed E-state index contributed by atoms with van der Waals surface area (Å²) >= 11 is 30.3. The van der Waals surface area contributed by atoms with Crippen LogP contribution < -0.4 is 45.8 Å². The van der Waals surface area contributed by atoms with Crippen molar-refractivity contribution >= 4 is 198 Å². The Kier molecular flexibility index (Phi) is 65.9. The number of nitrogens with one attached hydrogen (secondary N) is 2. The Balaban J connectivity index is -0.00000141. The molecule has 31 heteroatoms. The van der Waals surface area contributed by atoms with E-state index < -0.39 is 4.92 Å². The van der Waals surface area contributed by atoms with E-state index in [0.717, 1.165) is 135 Å². The minimum absolute atomic E-state index is 0. The van der Waals surface area contributed by atoms with Gasteiger partial charge in [0.25, 0.3) is 5.69 Å². The number of anilines is 4. The largest absolute Gasteiger partial charge is 0 e. The number of phenolic OH excluding ortho intramolecular Hbond substituents is 2. The number of aryl methyl sites for hydroxylation is 2. The Hall–Kier alpha value is -9.98. The number of rotatable bonds is 12. The van der Waals surface area contributed by atoms with Crippen LogP contribution in [-0.4, -0.2) is 101 Å². The molecule has 5 radical (unpaired) electrons. The minimum atomic E-state index is -0.651. The molecule has 2 aliphatic rings. The number of nitrogens with two attached hydrogens (primary N) is 2. The van der Waals surface area contributed by atoms with Gasteiger partial charge in [-0.15, -0.1) is 0 Å². The van der Waals surface area contributed by atoms with Crippen LogP contribution in [-0.2, 0) is 30.3 Å². The Labute approximate surface area is 841 Å². The molecule has 12 aromatic carbocycles. The molecule has 9 N–H and O–H groups in total. The number of aromatic hydroxyl groups is 2. The van der Waals surface area contributed by atoms with E-state index in [1.54, 1.807) is 37.3 Å². The third-order valence-electron chi connectivity index (χ3n) is 16.7. The third-order valence-corrected chi connectivity index (χ3v) is 18.7. The maximum Gasteiger partial charge on any atom is 0 e. The summed E-state index contributed by atoms with van der Waals surface area (Å²) in [6.07, 6.45) is 8.29. The molecule has 14 aromatic rings. The molecule has 0 saturated heterocycles. The van der Waals surface area contributed by atoms with Crippen LogP contribution in [0.5, 0.6) is 69.0 Å². The Morgan fingerprint density at radius 1 is 0.508 bits per heavy atom. The van der Waals surface area contributed by atoms with Crippen LogP contribution in [0, 0.1) is 24.0 Å². The van der Waals surface area contributed by atoms with Crippen LogP contribution in [0.3, 0.4) is 0 Å². The van der Waals surface area contributed by atoms with Gasteiger partial charge in [0.2, 0.25) is 0 Å². The number of para-hydroxylation sites is 5. The fourth-order valence-electron chi connectivity index (χ4n) is 11.1. The van der Waals surface area contributed by atoms with Crippen molar-refractivity contribution in [2.75, 3.05) is 29.2 Å². The second-order valence-corrected chi connectivity index (χ2v) is 30.0. The number of thiol groups is 1. The number of ether oxygens (including phenoxy) is 5. The number of nitro benzene ring substituents is 1. The fraction of sp³-hybridized carbons (Fsp3) is 0.182. The molecular formula is C99H113B2BrCl6N8NaNiO11S. The number of carbonyl (C=O) groups excluding carboxylic acids is 1. The van der Waals surface area contributed by atoms with Gasteiger partial charge in [-0.3, -0.25) is 24.9 Å². The maximum atomic E-state index is 10.2. The predicted octanol–water partition coefficient (Wildman–Crippen LogP) is 30.8. The average molecular weight is 2020 g/mol. The van der Waals surface area contributed by atoms with E-state index in [1.165, 1.54) is 52.8 Å². The normalized spacial score (nSPS) is 11.3. The molecule has 2 atom stereocenters. The SMILES string of the molecule is C.C.C.C.C.C.C/C=C/C=O.CC1CCc2c(ccc(Br)c2Oc2ccccc2)N1.CC1CCc2c(cccc2Oc2ccccc2)N1.CO.Cc1ccc2c(Oc3ccccc3)ccc(Cl)c2n1.Cc1ccc2c(Oc3ccccc3)cccc2n1.Nc1cc(O)ccc1Cl.Nc1cc(Oc2ccccc2)ccc1Cl.O=[N+]([O-])c1cc(O)ccc1Cl.[B].[B]=NS.[Cl][Ni][Cl].[Na]. The smallest absolute Gasteiger partial charge is 0 e. The molecule has 2 aliphatic heterocycles. The molecule has 687 valence electrons. The van der Waals surface area contributed by atoms with Crippen molar-refractivity contribution in [2.24, 2.45) is 4.30 Å². The van der Waals surface area contributed by atoms with Gasteiger partial charge in [-0.05, 0) is 252 Å². The van der Waals surface area contributed by atoms with Crippen LogP contribution in [0.15, 0.2) is 312 Å². The zero-order chi connectivity index (χ0) is 88.7. The summed E-state index contributed by atoms with van der Waals surface area (Å²) in [5.41, 5.74) is 20.3. The van der Waals surface area contributed by atoms with Gasteiger partial charge in [-0.25, -0.2) is 0 Å². The quantitative estimate of drug-likeness (QED) is 0.0107. The number of pyridine rings is 2. The first-order valence-corrected chi connectivity index (χ1v) is 42.7. The fourth-order valence-corrected chi connectivity index (χ4v) is 12.2. The van der Waals surface area contributed by atoms with Gasteiger partial charge in [0.1, 0.15) is 80.3 Å². The molecule has 19 nitrogen and oxygen atoms in total. The van der Waals surface area contributed by atoms with Crippen molar-refractivity contribution in [2.45, 2.75) is 117 Å². The first kappa shape index (κ1) is 124. The number of aldehydes is 1. The van der Waals surface area contributed by atoms with Crippen LogP contribution in [0.4, 0.5) is 28.4 Å². The molecule has 0 fully saturated rings. The standard InChI is InChI=1S/C16H16BrNO.C16H12ClNO.C16H17NO.C16H13NO.C12H10ClNO.C6H4ClNO3.C6H6ClNO.C4H6O.CH4O.6CH4.BHNS.B.2ClH.Na.Ni/c1-11-7-8-13-15(18-11)10-9-14(17)16(13)19-12-5-3-2-4-6-12;1-11-7-8-13-15(10-9-14(17)16(13)18-11)19-12-5-3-2-4-6-12;2*1-12-10-11-14-15(17-12)8-5-9-16(14)18-13-6-3-2-4-7-13;13-11-7-6-10(8-12(11)14)15-9-4-2-1-3-5-9;7-5-2-1-4(9)3-6(5)8(10)11;7-5-2-1-4(9)3-6(5)8;1-2-3-4-5;1-2;;;;;;;1-2-3;;;;;/h2-6,9-11,18H,7-8H2,1H3;2-10H,1H3;2-9,12,17H,10-11H2,1H3;2-11H,1H3;1-8H,14H2;1-3,9H;1-3,9H,8H2;2-4H,1H3;2H,1H3;6*1H4;3H;;2*1H;;/q;;;;;;;;;;;;;;;;;;;;+2/p-2/b;;;;;;;3-2+;;;;;;;;;;;;;. The van der Waals surface area contributed by atoms with Crippen molar-refractivity contribution in [3.8, 4) is 69.0 Å². The molecule has 0 bridgehead atoms. The molecule has 16 rings (SSSR count). The predicted molar refractivity (Wildman–Crippen MR) is 557 cm³/mol. The number of aliphatic hydroxyl groups excluding tert-OH is 1. The second-order valence-electron chi connectivity index (χ2n) is 25.7. The summed E-state index contributed by atoms with van der Waals surface area (Å²) < 4.78 is 33.1. The van der Waals surface area contributed by atoms with Crippen LogP contribution in [0.2, 0.25) is 20.1 Å². The van der Waals surface area contributed by atoms with Gasteiger partial charge in [-0.1, -0.05) is 200 Å². The van der Waals surface area contributed by atoms with Gasteiger partial charge < -0.3 is 61.1 Å². The Bertz CT molecular complexity index is 5610. The molecule has 0 saturated carbocycles. The summed E-state index contributed by atoms with van der Waals surface area (Å²) in [6, 6.07) is 91.1. The van der Waals surface area contributed by atoms with Crippen molar-refractivity contribution in [3.63, 3.8) is 0 Å². The molecule has 0 spiro atoms. The topological polar surface area (TPSA) is 281 Å². The number of benzene rings is 12. The Morgan fingerprint density at radius 3 is 1.35 bits per heavy atom. The number of fused-ring (bicyclic) bond motifs is 4. The van der Waals surface area contributed by atoms with Crippen molar-refractivity contribution < 1.29 is 61.4 Å². The van der Waals surface area contributed by atoms with E-state index in [-0.39, 0.29) is 105 Å². The molecule has 0 amide bonds. The van der Waals surface area contributed by atoms with E-state index in [4.69, 9.17) is 117 Å². The van der Waals surface area contributed by atoms with E-state index in [1.807, 2.05) is 232 Å². The first-order valence-electron chi connectivity index (χ1n) is 37.3. The van der Waals surface area contributed by atoms with Gasteiger partial charge in [-0.2, -0.15) is 0 Å². The van der Waals surface area contributed by atoms with Gasteiger partial charge in [0.05, 0.1) is 52.9 Å². The maximum absolute atomic E-state index is 10.2. The molecule has 2 unspecified atom stereocenters. The van der Waals surface area contributed by atoms with E-state index in [9.17, 15) is 14.9 Å². The van der Waals surface area contributed by atoms with E-state index >= 15 is 0 Å². The number of halogens is 7. The van der Waals surface area contributed by atoms with Crippen LogP contribution >= 0.6 is 95.5 Å². The van der Waals surface area contributed by atoms with Crippen molar-refractivity contribution in [1.29, 1.82) is 0 Å². The van der Waals surface area contributed by atoms with E-state index in [0.29, 0.717) is 56.9 Å². The number of carbonyl (C=O) groups is 1. The number of aliphatic hydroxyl groups is 1. The number of allylic oxidation sites excluding steroid dienone is 2. The third kappa shape index (κ3) is 43.4. The molecule has 130 heavy (non-hydrogen) atoms. The number of hydrogen-bond acceptors (Lipinski definition) is 19. The van der Waals surface area contributed by atoms with Gasteiger partial charge >= 0.3 is 57.8 Å². The average Bonchev–Trinajstić information content (AvgIpc) is 0.806.